The molecule has 0 aliphatic rings. The van der Waals surface area contributed by atoms with Crippen LogP contribution in [0.4, 0.5) is 51.2 Å². The topological polar surface area (TPSA) is 72.4 Å². The number of aryl methyl sites for hydroxylation is 2. The van der Waals surface area contributed by atoms with Crippen molar-refractivity contribution in [1.29, 1.82) is 0 Å². The summed E-state index contributed by atoms with van der Waals surface area (Å²) < 4.78 is 22.1. The summed E-state index contributed by atoms with van der Waals surface area (Å²) in [6, 6.07) is 64.4. The zero-order chi connectivity index (χ0) is 46.3. The van der Waals surface area contributed by atoms with Gasteiger partial charge >= 0.3 is 0 Å². The highest BCUT2D eigenvalue weighted by Crippen LogP contribution is 2.44. The lowest BCUT2D eigenvalue weighted by atomic mass is 9.97. The zero-order valence-corrected chi connectivity index (χ0v) is 38.4. The Morgan fingerprint density at radius 3 is 1.03 bits per heavy atom. The molecule has 0 aliphatic carbocycles. The Morgan fingerprint density at radius 2 is 0.701 bits per heavy atom. The predicted octanol–water partition coefficient (Wildman–Crippen LogP) is 14.9. The zero-order valence-electron chi connectivity index (χ0n) is 38.4. The number of methoxy groups -OCH3 is 4. The first-order valence-electron chi connectivity index (χ1n) is 22.0. The van der Waals surface area contributed by atoms with Crippen LogP contribution in [0.5, 0.6) is 23.0 Å². The fourth-order valence-electron chi connectivity index (χ4n) is 8.32. The Hall–Kier alpha value is -8.56. The molecule has 0 radical (unpaired) electrons. The van der Waals surface area contributed by atoms with Gasteiger partial charge in [0.25, 0.3) is 0 Å². The maximum Gasteiger partial charge on any atom is 0.119 e. The summed E-state index contributed by atoms with van der Waals surface area (Å²) in [4.78, 5) is 16.1. The summed E-state index contributed by atoms with van der Waals surface area (Å²) in [5.41, 5.74) is 15.1. The highest BCUT2D eigenvalue weighted by molar-refractivity contribution is 5.86. The van der Waals surface area contributed by atoms with Gasteiger partial charge in [-0.25, -0.2) is 0 Å². The Kier molecular flexibility index (Phi) is 12.8. The summed E-state index contributed by atoms with van der Waals surface area (Å²) in [5, 5.41) is 0. The van der Waals surface area contributed by atoms with Gasteiger partial charge in [0.05, 0.1) is 39.8 Å². The Labute approximate surface area is 392 Å². The van der Waals surface area contributed by atoms with E-state index in [9.17, 15) is 0 Å². The molecular formula is C58H51N5O4. The summed E-state index contributed by atoms with van der Waals surface area (Å²) in [7, 11) is 6.73. The van der Waals surface area contributed by atoms with Crippen LogP contribution < -0.4 is 33.6 Å². The Balaban J connectivity index is 1.13. The minimum Gasteiger partial charge on any atom is -0.497 e. The number of benzene rings is 7. The van der Waals surface area contributed by atoms with Crippen LogP contribution in [0.3, 0.4) is 0 Å². The number of hydrogen-bond donors (Lipinski definition) is 0. The standard InChI is InChI=1S/C58H51N5O4/c1-40-38-58(41(2)37-55(40)42-10-35-57(60-39-42)56-9-7-8-36-59-56)63(49-15-11-43(12-16-49)61(45-19-27-51(64-3)28-20-45)46-21-29-52(65-4)30-22-46)50-17-13-44(14-18-50)62(47-23-31-53(66-5)32-24-47)48-25-33-54(67-6)34-26-48/h7-39H,1-6H3. The molecule has 0 atom stereocenters. The molecule has 2 heterocycles. The third-order valence-electron chi connectivity index (χ3n) is 11.8. The predicted molar refractivity (Wildman–Crippen MR) is 273 cm³/mol. The molecule has 0 saturated carbocycles. The molecule has 0 unspecified atom stereocenters. The van der Waals surface area contributed by atoms with Crippen molar-refractivity contribution in [3.63, 3.8) is 0 Å². The summed E-state index contributed by atoms with van der Waals surface area (Å²) in [6.07, 6.45) is 3.73. The van der Waals surface area contributed by atoms with Gasteiger partial charge in [-0.05, 0) is 206 Å². The second-order valence-electron chi connectivity index (χ2n) is 15.9. The molecule has 0 bridgehead atoms. The van der Waals surface area contributed by atoms with E-state index in [-0.39, 0.29) is 0 Å². The van der Waals surface area contributed by atoms with Crippen LogP contribution in [0.25, 0.3) is 22.5 Å². The highest BCUT2D eigenvalue weighted by Gasteiger charge is 2.21. The van der Waals surface area contributed by atoms with E-state index in [0.29, 0.717) is 0 Å². The van der Waals surface area contributed by atoms with E-state index < -0.39 is 0 Å². The first-order chi connectivity index (χ1) is 32.8. The first-order valence-corrected chi connectivity index (χ1v) is 22.0. The number of rotatable bonds is 15. The van der Waals surface area contributed by atoms with Gasteiger partial charge in [0.2, 0.25) is 0 Å². The minimum atomic E-state index is 0.793. The molecule has 9 aromatic rings. The molecule has 0 saturated heterocycles. The number of anilines is 9. The first kappa shape index (κ1) is 43.7. The van der Waals surface area contributed by atoms with Gasteiger partial charge in [0.1, 0.15) is 23.0 Å². The largest absolute Gasteiger partial charge is 0.497 e. The third-order valence-corrected chi connectivity index (χ3v) is 11.8. The van der Waals surface area contributed by atoms with Gasteiger partial charge in [-0.2, -0.15) is 0 Å². The van der Waals surface area contributed by atoms with Gasteiger partial charge < -0.3 is 33.6 Å². The van der Waals surface area contributed by atoms with Crippen molar-refractivity contribution in [3.05, 3.63) is 212 Å². The van der Waals surface area contributed by atoms with Crippen LogP contribution in [0, 0.1) is 13.8 Å². The van der Waals surface area contributed by atoms with Crippen LogP contribution in [0.1, 0.15) is 11.1 Å². The lowest BCUT2D eigenvalue weighted by Crippen LogP contribution is -2.14. The second-order valence-corrected chi connectivity index (χ2v) is 15.9. The van der Waals surface area contributed by atoms with E-state index in [2.05, 4.69) is 149 Å². The van der Waals surface area contributed by atoms with E-state index in [4.69, 9.17) is 23.9 Å². The van der Waals surface area contributed by atoms with Crippen LogP contribution in [-0.4, -0.2) is 38.4 Å². The van der Waals surface area contributed by atoms with Crippen molar-refractivity contribution in [2.75, 3.05) is 43.1 Å². The van der Waals surface area contributed by atoms with E-state index >= 15 is 0 Å². The molecule has 332 valence electrons. The normalized spacial score (nSPS) is 10.8. The molecule has 0 aliphatic heterocycles. The SMILES string of the molecule is COc1ccc(N(c2ccc(OC)cc2)c2ccc(N(c3ccc(N(c4ccc(OC)cc4)c4ccc(OC)cc4)cc3)c3cc(C)c(-c4ccc(-c5ccccn5)nc4)cc3C)cc2)cc1. The summed E-state index contributed by atoms with van der Waals surface area (Å²) >= 11 is 0. The maximum atomic E-state index is 5.51. The van der Waals surface area contributed by atoms with Crippen LogP contribution >= 0.6 is 0 Å². The fourth-order valence-corrected chi connectivity index (χ4v) is 8.32. The van der Waals surface area contributed by atoms with Crippen molar-refractivity contribution >= 4 is 51.2 Å². The molecule has 0 amide bonds. The fraction of sp³-hybridized carbons (Fsp3) is 0.103. The van der Waals surface area contributed by atoms with Gasteiger partial charge in [-0.15, -0.1) is 0 Å². The highest BCUT2D eigenvalue weighted by atomic mass is 16.5. The Morgan fingerprint density at radius 1 is 0.343 bits per heavy atom. The molecule has 67 heavy (non-hydrogen) atoms. The van der Waals surface area contributed by atoms with Crippen LogP contribution in [0.2, 0.25) is 0 Å². The average molecular weight is 882 g/mol. The molecule has 9 heteroatoms. The number of pyridine rings is 2. The molecule has 7 aromatic carbocycles. The smallest absolute Gasteiger partial charge is 0.119 e. The molecule has 0 fully saturated rings. The lowest BCUT2D eigenvalue weighted by Gasteiger charge is -2.31. The Bertz CT molecular complexity index is 2800. The number of hydrogen-bond acceptors (Lipinski definition) is 9. The van der Waals surface area contributed by atoms with Gasteiger partial charge in [0.15, 0.2) is 0 Å². The number of ether oxygens (including phenoxy) is 4. The summed E-state index contributed by atoms with van der Waals surface area (Å²) in [6.45, 7) is 4.34. The van der Waals surface area contributed by atoms with Crippen molar-refractivity contribution < 1.29 is 18.9 Å². The lowest BCUT2D eigenvalue weighted by molar-refractivity contribution is 0.414. The third kappa shape index (κ3) is 9.35. The van der Waals surface area contributed by atoms with Crippen molar-refractivity contribution in [1.82, 2.24) is 9.97 Å². The second kappa shape index (κ2) is 19.7. The van der Waals surface area contributed by atoms with Gasteiger partial charge in [-0.3, -0.25) is 9.97 Å². The quantitative estimate of drug-likeness (QED) is 0.100. The molecule has 9 rings (SSSR count). The maximum absolute atomic E-state index is 5.51. The molecule has 9 nitrogen and oxygen atoms in total. The van der Waals surface area contributed by atoms with Gasteiger partial charge in [0, 0.05) is 69.1 Å². The molecule has 0 spiro atoms. The van der Waals surface area contributed by atoms with Crippen molar-refractivity contribution in [2.45, 2.75) is 13.8 Å². The number of nitrogens with zero attached hydrogens (tertiary/aromatic N) is 5. The number of aromatic nitrogens is 2. The van der Waals surface area contributed by atoms with E-state index in [0.717, 1.165) is 108 Å². The molecule has 2 aromatic heterocycles. The van der Waals surface area contributed by atoms with E-state index in [1.54, 1.807) is 34.6 Å². The van der Waals surface area contributed by atoms with E-state index in [1.807, 2.05) is 79.0 Å². The minimum absolute atomic E-state index is 0.793. The van der Waals surface area contributed by atoms with Crippen LogP contribution in [-0.2, 0) is 0 Å². The van der Waals surface area contributed by atoms with Crippen LogP contribution in [0.15, 0.2) is 200 Å². The van der Waals surface area contributed by atoms with Gasteiger partial charge in [-0.1, -0.05) is 12.1 Å². The molecule has 0 N–H and O–H groups in total. The van der Waals surface area contributed by atoms with Crippen molar-refractivity contribution in [2.24, 2.45) is 0 Å². The summed E-state index contributed by atoms with van der Waals surface area (Å²) in [5.74, 6) is 3.17. The van der Waals surface area contributed by atoms with Crippen molar-refractivity contribution in [3.8, 4) is 45.5 Å². The average Bonchev–Trinajstić information content (AvgIpc) is 3.39. The van der Waals surface area contributed by atoms with E-state index in [1.165, 1.54) is 0 Å². The monoisotopic (exact) mass is 881 g/mol. The molecular weight excluding hydrogens is 831 g/mol.